The Morgan fingerprint density at radius 1 is 1.14 bits per heavy atom. The summed E-state index contributed by atoms with van der Waals surface area (Å²) in [4.78, 5) is 37.6. The highest BCUT2D eigenvalue weighted by Crippen LogP contribution is 2.37. The van der Waals surface area contributed by atoms with Crippen LogP contribution in [0.1, 0.15) is 59.7 Å². The standard InChI is InChI=1S/C25H30ClF3N6O2/c1-3-18-14-34(23-21(25(27,28)29)32-20(12-31-23)22(30)36)15(2)13-35(18)19-8-10-33(11-9-19)24(37)16-4-6-17(26)7-5-16/h4-7,12,15,18-19H,3,8-11,13-14H2,1-2H3,(H2,30,36)/t15-,18+/m1/s1. The van der Waals surface area contributed by atoms with E-state index in [9.17, 15) is 22.8 Å². The number of nitrogens with two attached hydrogens (primary N) is 1. The zero-order valence-corrected chi connectivity index (χ0v) is 21.5. The average Bonchev–Trinajstić information content (AvgIpc) is 2.88. The second kappa shape index (κ2) is 10.8. The minimum Gasteiger partial charge on any atom is -0.364 e. The minimum absolute atomic E-state index is 0.00147. The number of benzene rings is 1. The second-order valence-corrected chi connectivity index (χ2v) is 10.0. The van der Waals surface area contributed by atoms with E-state index in [1.165, 1.54) is 0 Å². The van der Waals surface area contributed by atoms with Crippen LogP contribution >= 0.6 is 11.6 Å². The maximum absolute atomic E-state index is 13.8. The molecule has 2 saturated heterocycles. The van der Waals surface area contributed by atoms with Crippen molar-refractivity contribution in [1.29, 1.82) is 0 Å². The summed E-state index contributed by atoms with van der Waals surface area (Å²) in [6.45, 7) is 5.98. The Labute approximate surface area is 218 Å². The van der Waals surface area contributed by atoms with E-state index in [1.807, 2.05) is 18.7 Å². The van der Waals surface area contributed by atoms with E-state index in [0.29, 0.717) is 36.8 Å². The Bertz CT molecular complexity index is 1140. The van der Waals surface area contributed by atoms with Crippen LogP contribution in [0.25, 0.3) is 0 Å². The maximum Gasteiger partial charge on any atom is 0.437 e. The first kappa shape index (κ1) is 27.1. The van der Waals surface area contributed by atoms with Crippen molar-refractivity contribution in [2.24, 2.45) is 5.73 Å². The number of piperazine rings is 1. The van der Waals surface area contributed by atoms with E-state index in [-0.39, 0.29) is 29.9 Å². The summed E-state index contributed by atoms with van der Waals surface area (Å²) in [5.41, 5.74) is 4.01. The summed E-state index contributed by atoms with van der Waals surface area (Å²) < 4.78 is 41.5. The van der Waals surface area contributed by atoms with Crippen molar-refractivity contribution in [2.75, 3.05) is 31.1 Å². The first-order chi connectivity index (χ1) is 17.5. The summed E-state index contributed by atoms with van der Waals surface area (Å²) in [5, 5.41) is 0.575. The molecule has 200 valence electrons. The highest BCUT2D eigenvalue weighted by Gasteiger charge is 2.43. The fourth-order valence-electron chi connectivity index (χ4n) is 5.25. The number of aromatic nitrogens is 2. The number of primary amides is 1. The molecule has 0 unspecified atom stereocenters. The van der Waals surface area contributed by atoms with Gasteiger partial charge in [0.25, 0.3) is 11.8 Å². The van der Waals surface area contributed by atoms with Gasteiger partial charge in [-0.2, -0.15) is 13.2 Å². The molecule has 2 aliphatic rings. The topological polar surface area (TPSA) is 95.7 Å². The monoisotopic (exact) mass is 538 g/mol. The maximum atomic E-state index is 13.8. The Balaban J connectivity index is 1.47. The van der Waals surface area contributed by atoms with Gasteiger partial charge in [0.2, 0.25) is 0 Å². The largest absolute Gasteiger partial charge is 0.437 e. The van der Waals surface area contributed by atoms with Crippen molar-refractivity contribution in [3.05, 3.63) is 52.4 Å². The van der Waals surface area contributed by atoms with Crippen LogP contribution in [-0.2, 0) is 6.18 Å². The Hall–Kier alpha value is -2.92. The number of halogens is 4. The summed E-state index contributed by atoms with van der Waals surface area (Å²) in [5.74, 6) is -1.38. The van der Waals surface area contributed by atoms with Gasteiger partial charge in [-0.15, -0.1) is 0 Å². The number of anilines is 1. The Kier molecular flexibility index (Phi) is 7.94. The molecule has 4 rings (SSSR count). The normalized spacial score (nSPS) is 21.8. The summed E-state index contributed by atoms with van der Waals surface area (Å²) in [6, 6.07) is 6.78. The molecule has 0 spiro atoms. The number of carbonyl (C=O) groups excluding carboxylic acids is 2. The van der Waals surface area contributed by atoms with E-state index >= 15 is 0 Å². The quantitative estimate of drug-likeness (QED) is 0.621. The molecule has 1 aromatic heterocycles. The number of hydrogen-bond donors (Lipinski definition) is 1. The van der Waals surface area contributed by atoms with E-state index in [1.54, 1.807) is 29.2 Å². The van der Waals surface area contributed by atoms with E-state index in [4.69, 9.17) is 17.3 Å². The molecule has 37 heavy (non-hydrogen) atoms. The van der Waals surface area contributed by atoms with Crippen molar-refractivity contribution >= 4 is 29.2 Å². The van der Waals surface area contributed by atoms with E-state index < -0.39 is 23.5 Å². The molecule has 12 heteroatoms. The van der Waals surface area contributed by atoms with Crippen molar-refractivity contribution in [3.8, 4) is 0 Å². The van der Waals surface area contributed by atoms with Crippen molar-refractivity contribution in [3.63, 3.8) is 0 Å². The highest BCUT2D eigenvalue weighted by molar-refractivity contribution is 6.30. The molecular formula is C25H30ClF3N6O2. The smallest absolute Gasteiger partial charge is 0.364 e. The molecule has 2 N–H and O–H groups in total. The zero-order valence-electron chi connectivity index (χ0n) is 20.7. The number of amides is 2. The molecule has 2 amide bonds. The van der Waals surface area contributed by atoms with Crippen molar-refractivity contribution < 1.29 is 22.8 Å². The van der Waals surface area contributed by atoms with Gasteiger partial charge in [0.1, 0.15) is 5.69 Å². The highest BCUT2D eigenvalue weighted by atomic mass is 35.5. The Morgan fingerprint density at radius 2 is 1.78 bits per heavy atom. The first-order valence-corrected chi connectivity index (χ1v) is 12.7. The third kappa shape index (κ3) is 5.82. The van der Waals surface area contributed by atoms with Crippen LogP contribution in [0.2, 0.25) is 5.02 Å². The number of carbonyl (C=O) groups is 2. The molecule has 2 aromatic rings. The molecule has 0 aliphatic carbocycles. The fraction of sp³-hybridized carbons (Fsp3) is 0.520. The zero-order chi connectivity index (χ0) is 26.9. The summed E-state index contributed by atoms with van der Waals surface area (Å²) in [7, 11) is 0. The third-order valence-electron chi connectivity index (χ3n) is 7.21. The molecule has 3 heterocycles. The van der Waals surface area contributed by atoms with Gasteiger partial charge in [-0.1, -0.05) is 18.5 Å². The molecule has 2 atom stereocenters. The van der Waals surface area contributed by atoms with Gasteiger partial charge in [0.05, 0.1) is 6.20 Å². The molecule has 2 fully saturated rings. The molecule has 8 nitrogen and oxygen atoms in total. The van der Waals surface area contributed by atoms with Crippen LogP contribution in [0.15, 0.2) is 30.5 Å². The lowest BCUT2D eigenvalue weighted by molar-refractivity contribution is -0.141. The van der Waals surface area contributed by atoms with Gasteiger partial charge in [-0.3, -0.25) is 14.5 Å². The lowest BCUT2D eigenvalue weighted by Gasteiger charge is -2.50. The van der Waals surface area contributed by atoms with Crippen molar-refractivity contribution in [2.45, 2.75) is 57.4 Å². The van der Waals surface area contributed by atoms with Crippen LogP contribution < -0.4 is 10.6 Å². The summed E-state index contributed by atoms with van der Waals surface area (Å²) >= 11 is 5.93. The molecule has 0 bridgehead atoms. The van der Waals surface area contributed by atoms with Crippen LogP contribution in [-0.4, -0.2) is 75.9 Å². The number of likely N-dealkylation sites (tertiary alicyclic amines) is 1. The van der Waals surface area contributed by atoms with Gasteiger partial charge in [0.15, 0.2) is 11.5 Å². The number of nitrogens with zero attached hydrogens (tertiary/aromatic N) is 5. The Morgan fingerprint density at radius 3 is 2.35 bits per heavy atom. The average molecular weight is 539 g/mol. The van der Waals surface area contributed by atoms with Crippen LogP contribution in [0.5, 0.6) is 0 Å². The number of alkyl halides is 3. The molecular weight excluding hydrogens is 509 g/mol. The summed E-state index contributed by atoms with van der Waals surface area (Å²) in [6.07, 6.45) is -1.48. The van der Waals surface area contributed by atoms with Gasteiger partial charge in [-0.05, 0) is 50.5 Å². The van der Waals surface area contributed by atoms with Crippen LogP contribution in [0.3, 0.4) is 0 Å². The minimum atomic E-state index is -4.78. The third-order valence-corrected chi connectivity index (χ3v) is 7.46. The number of rotatable bonds is 5. The van der Waals surface area contributed by atoms with E-state index in [2.05, 4.69) is 14.9 Å². The van der Waals surface area contributed by atoms with Crippen molar-refractivity contribution in [1.82, 2.24) is 19.8 Å². The fourth-order valence-corrected chi connectivity index (χ4v) is 5.37. The SMILES string of the molecule is CC[C@H]1CN(c2ncc(C(N)=O)nc2C(F)(F)F)[C@H](C)CN1C1CCN(C(=O)c2ccc(Cl)cc2)CC1. The molecule has 0 saturated carbocycles. The van der Waals surface area contributed by atoms with Crippen LogP contribution in [0.4, 0.5) is 19.0 Å². The number of hydrogen-bond acceptors (Lipinski definition) is 6. The van der Waals surface area contributed by atoms with Gasteiger partial charge < -0.3 is 15.5 Å². The van der Waals surface area contributed by atoms with E-state index in [0.717, 1.165) is 25.5 Å². The van der Waals surface area contributed by atoms with Gasteiger partial charge in [-0.25, -0.2) is 9.97 Å². The first-order valence-electron chi connectivity index (χ1n) is 12.3. The lowest BCUT2D eigenvalue weighted by Crippen LogP contribution is -2.62. The molecule has 0 radical (unpaired) electrons. The van der Waals surface area contributed by atoms with Gasteiger partial charge >= 0.3 is 6.18 Å². The predicted octanol–water partition coefficient (Wildman–Crippen LogP) is 3.84. The lowest BCUT2D eigenvalue weighted by atomic mass is 9.95. The molecule has 2 aliphatic heterocycles. The van der Waals surface area contributed by atoms with Crippen LogP contribution in [0, 0.1) is 0 Å². The molecule has 1 aromatic carbocycles. The second-order valence-electron chi connectivity index (χ2n) is 9.58. The number of piperidine rings is 1. The van der Waals surface area contributed by atoms with Gasteiger partial charge in [0, 0.05) is 54.9 Å². The predicted molar refractivity (Wildman–Crippen MR) is 134 cm³/mol.